The summed E-state index contributed by atoms with van der Waals surface area (Å²) in [7, 11) is 0. The number of aliphatic imine (C=N–C) groups is 1. The zero-order chi connectivity index (χ0) is 18.0. The second-order valence-corrected chi connectivity index (χ2v) is 7.70. The summed E-state index contributed by atoms with van der Waals surface area (Å²) in [5.74, 6) is 0.140. The lowest BCUT2D eigenvalue weighted by Crippen LogP contribution is -2.60. The molecule has 3 rings (SSSR count). The van der Waals surface area contributed by atoms with Gasteiger partial charge in [0, 0.05) is 11.1 Å². The molecule has 1 N–H and O–H groups in total. The van der Waals surface area contributed by atoms with Crippen LogP contribution in [0.3, 0.4) is 0 Å². The number of nitrogens with zero attached hydrogens (tertiary/aromatic N) is 2. The number of carbonyl (C=O) groups excluding carboxylic acids is 2. The predicted molar refractivity (Wildman–Crippen MR) is 100 cm³/mol. The van der Waals surface area contributed by atoms with Crippen molar-refractivity contribution >= 4 is 29.0 Å². The smallest absolute Gasteiger partial charge is 0.250 e. The van der Waals surface area contributed by atoms with E-state index in [4.69, 9.17) is 0 Å². The molecule has 25 heavy (non-hydrogen) atoms. The van der Waals surface area contributed by atoms with E-state index in [1.807, 2.05) is 54.6 Å². The molecule has 3 heterocycles. The number of allylic oxidation sites excluding steroid dienone is 2. The Morgan fingerprint density at radius 3 is 3.00 bits per heavy atom. The van der Waals surface area contributed by atoms with Gasteiger partial charge in [0.25, 0.3) is 5.91 Å². The Balaban J connectivity index is 1.86. The first-order valence-corrected chi connectivity index (χ1v) is 9.43. The van der Waals surface area contributed by atoms with Gasteiger partial charge in [0.05, 0.1) is 12.5 Å². The molecule has 2 atom stereocenters. The Morgan fingerprint density at radius 1 is 1.52 bits per heavy atom. The van der Waals surface area contributed by atoms with Crippen molar-refractivity contribution in [1.29, 1.82) is 0 Å². The number of amidine groups is 1. The minimum Gasteiger partial charge on any atom is -0.346 e. The second kappa shape index (κ2) is 6.96. The van der Waals surface area contributed by atoms with E-state index in [1.165, 1.54) is 0 Å². The van der Waals surface area contributed by atoms with Crippen LogP contribution in [0.2, 0.25) is 0 Å². The third-order valence-electron chi connectivity index (χ3n) is 4.61. The number of carbonyl (C=O) groups is 2. The highest BCUT2D eigenvalue weighted by Crippen LogP contribution is 2.31. The fourth-order valence-electron chi connectivity index (χ4n) is 3.21. The molecule has 0 saturated heterocycles. The molecule has 2 amide bonds. The van der Waals surface area contributed by atoms with E-state index in [1.54, 1.807) is 11.3 Å². The lowest BCUT2D eigenvalue weighted by Gasteiger charge is -2.42. The molecule has 0 saturated carbocycles. The van der Waals surface area contributed by atoms with Crippen molar-refractivity contribution in [2.45, 2.75) is 51.6 Å². The molecule has 6 heteroatoms. The topological polar surface area (TPSA) is 61.8 Å². The third-order valence-corrected chi connectivity index (χ3v) is 5.60. The van der Waals surface area contributed by atoms with Gasteiger partial charge in [-0.25, -0.2) is 0 Å². The Kier molecular flexibility index (Phi) is 4.90. The number of rotatable bonds is 5. The molecule has 2 aliphatic heterocycles. The van der Waals surface area contributed by atoms with Crippen molar-refractivity contribution in [3.63, 3.8) is 0 Å². The zero-order valence-electron chi connectivity index (χ0n) is 14.8. The van der Waals surface area contributed by atoms with Crippen LogP contribution < -0.4 is 5.32 Å². The summed E-state index contributed by atoms with van der Waals surface area (Å²) in [6, 6.07) is 4.00. The Labute approximate surface area is 152 Å². The van der Waals surface area contributed by atoms with Crippen LogP contribution in [-0.4, -0.2) is 28.1 Å². The summed E-state index contributed by atoms with van der Waals surface area (Å²) in [4.78, 5) is 32.4. The van der Waals surface area contributed by atoms with Gasteiger partial charge in [0.1, 0.15) is 11.4 Å². The van der Waals surface area contributed by atoms with Gasteiger partial charge in [0.15, 0.2) is 0 Å². The molecule has 0 aromatic carbocycles. The fourth-order valence-corrected chi connectivity index (χ4v) is 4.02. The van der Waals surface area contributed by atoms with Crippen LogP contribution >= 0.6 is 11.3 Å². The van der Waals surface area contributed by atoms with Gasteiger partial charge in [-0.2, -0.15) is 4.99 Å². The van der Waals surface area contributed by atoms with Crippen LogP contribution in [0.5, 0.6) is 0 Å². The standard InChI is InChI=1S/C19H23N3O2S/c1-4-6-14(15-7-5-10-25-15)20-18(24)19(3)12-17(23)21-16-11-13(2)8-9-22(16)19/h5,7-11,14H,4,6,12H2,1-3H3,(H,20,24)/t14-,19-/m1/s1. The van der Waals surface area contributed by atoms with Crippen molar-refractivity contribution in [2.75, 3.05) is 0 Å². The van der Waals surface area contributed by atoms with Gasteiger partial charge in [-0.15, -0.1) is 11.3 Å². The van der Waals surface area contributed by atoms with Crippen molar-refractivity contribution in [3.05, 3.63) is 46.3 Å². The van der Waals surface area contributed by atoms with Crippen LogP contribution in [0.1, 0.15) is 51.0 Å². The molecule has 0 unspecified atom stereocenters. The maximum Gasteiger partial charge on any atom is 0.250 e. The highest BCUT2D eigenvalue weighted by Gasteiger charge is 2.45. The first kappa shape index (κ1) is 17.6. The van der Waals surface area contributed by atoms with Crippen molar-refractivity contribution in [3.8, 4) is 0 Å². The number of amides is 2. The van der Waals surface area contributed by atoms with Gasteiger partial charge in [-0.05, 0) is 49.4 Å². The minimum absolute atomic E-state index is 0.0298. The largest absolute Gasteiger partial charge is 0.346 e. The molecule has 0 aliphatic carbocycles. The van der Waals surface area contributed by atoms with Gasteiger partial charge in [0.2, 0.25) is 5.91 Å². The first-order chi connectivity index (χ1) is 11.9. The summed E-state index contributed by atoms with van der Waals surface area (Å²) < 4.78 is 0. The predicted octanol–water partition coefficient (Wildman–Crippen LogP) is 3.57. The zero-order valence-corrected chi connectivity index (χ0v) is 15.6. The van der Waals surface area contributed by atoms with Gasteiger partial charge < -0.3 is 10.2 Å². The van der Waals surface area contributed by atoms with Crippen molar-refractivity contribution < 1.29 is 9.59 Å². The lowest BCUT2D eigenvalue weighted by atomic mass is 9.90. The summed E-state index contributed by atoms with van der Waals surface area (Å²) in [5.41, 5.74) is 0.0420. The minimum atomic E-state index is -0.967. The van der Waals surface area contributed by atoms with Crippen LogP contribution in [0.15, 0.2) is 46.4 Å². The second-order valence-electron chi connectivity index (χ2n) is 6.72. The normalized spacial score (nSPS) is 23.6. The molecular formula is C19H23N3O2S. The van der Waals surface area contributed by atoms with Crippen molar-refractivity contribution in [1.82, 2.24) is 10.2 Å². The number of fused-ring (bicyclic) bond motifs is 1. The molecule has 0 spiro atoms. The maximum absolute atomic E-state index is 13.2. The average Bonchev–Trinajstić information content (AvgIpc) is 3.07. The van der Waals surface area contributed by atoms with Crippen LogP contribution in [0.4, 0.5) is 0 Å². The molecule has 1 aromatic rings. The maximum atomic E-state index is 13.2. The number of hydrogen-bond acceptors (Lipinski definition) is 4. The Hall–Kier alpha value is -2.21. The molecule has 0 fully saturated rings. The van der Waals surface area contributed by atoms with E-state index >= 15 is 0 Å². The van der Waals surface area contributed by atoms with E-state index in [2.05, 4.69) is 17.2 Å². The highest BCUT2D eigenvalue weighted by atomic mass is 32.1. The monoisotopic (exact) mass is 357 g/mol. The molecule has 132 valence electrons. The third kappa shape index (κ3) is 3.44. The SMILES string of the molecule is CCC[C@@H](NC(=O)[C@@]1(C)CC(=O)N=C2C=C(C)C=CN21)c1cccs1. The Morgan fingerprint density at radius 2 is 2.32 bits per heavy atom. The quantitative estimate of drug-likeness (QED) is 0.876. The van der Waals surface area contributed by atoms with E-state index in [0.717, 1.165) is 23.3 Å². The van der Waals surface area contributed by atoms with Crippen LogP contribution in [0, 0.1) is 0 Å². The molecule has 1 aromatic heterocycles. The van der Waals surface area contributed by atoms with E-state index < -0.39 is 5.54 Å². The van der Waals surface area contributed by atoms with Gasteiger partial charge in [-0.3, -0.25) is 9.59 Å². The Bertz CT molecular complexity index is 764. The average molecular weight is 357 g/mol. The first-order valence-electron chi connectivity index (χ1n) is 8.56. The summed E-state index contributed by atoms with van der Waals surface area (Å²) in [6.07, 6.45) is 7.53. The molecular weight excluding hydrogens is 334 g/mol. The number of hydrogen-bond donors (Lipinski definition) is 1. The molecule has 5 nitrogen and oxygen atoms in total. The van der Waals surface area contributed by atoms with Gasteiger partial charge in [-0.1, -0.05) is 19.4 Å². The summed E-state index contributed by atoms with van der Waals surface area (Å²) in [5, 5.41) is 5.18. The summed E-state index contributed by atoms with van der Waals surface area (Å²) >= 11 is 1.64. The molecule has 2 aliphatic rings. The summed E-state index contributed by atoms with van der Waals surface area (Å²) in [6.45, 7) is 5.86. The van der Waals surface area contributed by atoms with E-state index in [9.17, 15) is 9.59 Å². The molecule has 0 radical (unpaired) electrons. The lowest BCUT2D eigenvalue weighted by molar-refractivity contribution is -0.135. The number of nitrogens with one attached hydrogen (secondary N) is 1. The van der Waals surface area contributed by atoms with Gasteiger partial charge >= 0.3 is 0 Å². The van der Waals surface area contributed by atoms with Crippen LogP contribution in [0.25, 0.3) is 0 Å². The van der Waals surface area contributed by atoms with Crippen LogP contribution in [-0.2, 0) is 9.59 Å². The number of thiophene rings is 1. The van der Waals surface area contributed by atoms with E-state index in [-0.39, 0.29) is 24.3 Å². The molecule has 0 bridgehead atoms. The highest BCUT2D eigenvalue weighted by molar-refractivity contribution is 7.10. The van der Waals surface area contributed by atoms with E-state index in [0.29, 0.717) is 5.84 Å². The van der Waals surface area contributed by atoms with Crippen molar-refractivity contribution in [2.24, 2.45) is 4.99 Å². The fraction of sp³-hybridized carbons (Fsp3) is 0.421.